The smallest absolute Gasteiger partial charge is 0.279 e. The normalized spacial score (nSPS) is 15.8. The molecule has 7 heteroatoms. The van der Waals surface area contributed by atoms with Crippen LogP contribution >= 0.6 is 11.8 Å². The summed E-state index contributed by atoms with van der Waals surface area (Å²) in [5.41, 5.74) is 5.76. The van der Waals surface area contributed by atoms with Crippen LogP contribution in [-0.2, 0) is 11.5 Å². The van der Waals surface area contributed by atoms with Gasteiger partial charge in [0.25, 0.3) is 5.91 Å². The maximum atomic E-state index is 12.8. The number of carbonyl (C=O) groups is 1. The minimum absolute atomic E-state index is 0.253. The van der Waals surface area contributed by atoms with Crippen molar-refractivity contribution < 1.29 is 9.32 Å². The number of aromatic nitrogens is 3. The van der Waals surface area contributed by atoms with E-state index in [0.29, 0.717) is 11.6 Å². The molecule has 0 radical (unpaired) electrons. The van der Waals surface area contributed by atoms with Crippen LogP contribution in [0.15, 0.2) is 28.8 Å². The second-order valence-electron chi connectivity index (χ2n) is 7.31. The second-order valence-corrected chi connectivity index (χ2v) is 8.30. The highest BCUT2D eigenvalue weighted by molar-refractivity contribution is 7.98. The lowest BCUT2D eigenvalue weighted by atomic mass is 10.1. The number of nitrogens with zero attached hydrogens (tertiary/aromatic N) is 3. The minimum atomic E-state index is -0.253. The molecular weight excluding hydrogens is 360 g/mol. The molecule has 2 aromatic heterocycles. The van der Waals surface area contributed by atoms with Crippen molar-refractivity contribution in [2.45, 2.75) is 44.1 Å². The minimum Gasteiger partial charge on any atom is -0.360 e. The molecule has 1 aliphatic carbocycles. The van der Waals surface area contributed by atoms with Crippen molar-refractivity contribution in [2.24, 2.45) is 0 Å². The van der Waals surface area contributed by atoms with Gasteiger partial charge in [0.15, 0.2) is 5.69 Å². The van der Waals surface area contributed by atoms with E-state index >= 15 is 0 Å². The first-order valence-electron chi connectivity index (χ1n) is 9.14. The van der Waals surface area contributed by atoms with Crippen LogP contribution in [0.2, 0.25) is 0 Å². The molecule has 6 nitrogen and oxygen atoms in total. The van der Waals surface area contributed by atoms with E-state index in [1.165, 1.54) is 5.56 Å². The number of carbonyl (C=O) groups excluding carboxylic acids is 1. The first-order chi connectivity index (χ1) is 13.1. The van der Waals surface area contributed by atoms with E-state index < -0.39 is 0 Å². The Morgan fingerprint density at radius 1 is 1.26 bits per heavy atom. The van der Waals surface area contributed by atoms with Crippen molar-refractivity contribution in [2.75, 3.05) is 5.32 Å². The van der Waals surface area contributed by atoms with Gasteiger partial charge in [-0.25, -0.2) is 4.68 Å². The number of thioether (sulfide) groups is 1. The van der Waals surface area contributed by atoms with Crippen LogP contribution in [0.4, 0.5) is 5.82 Å². The van der Waals surface area contributed by atoms with Crippen molar-refractivity contribution in [1.29, 1.82) is 0 Å². The first kappa shape index (κ1) is 16.6. The molecule has 0 spiro atoms. The molecule has 0 bridgehead atoms. The van der Waals surface area contributed by atoms with E-state index in [9.17, 15) is 4.79 Å². The van der Waals surface area contributed by atoms with Gasteiger partial charge in [0.1, 0.15) is 11.6 Å². The van der Waals surface area contributed by atoms with Crippen molar-refractivity contribution >= 4 is 23.5 Å². The van der Waals surface area contributed by atoms with Crippen molar-refractivity contribution in [3.8, 4) is 5.69 Å². The van der Waals surface area contributed by atoms with Crippen molar-refractivity contribution in [3.63, 3.8) is 0 Å². The SMILES string of the molecule is Cc1ccc(-n2nc3c(c2NC(=O)c2cc(C4CC4)on2)CSC3)c(C)c1. The first-order valence-corrected chi connectivity index (χ1v) is 10.3. The zero-order chi connectivity index (χ0) is 18.5. The highest BCUT2D eigenvalue weighted by atomic mass is 32.2. The number of anilines is 1. The number of hydrogen-bond acceptors (Lipinski definition) is 5. The van der Waals surface area contributed by atoms with Gasteiger partial charge in [-0.05, 0) is 38.3 Å². The number of hydrogen-bond donors (Lipinski definition) is 1. The van der Waals surface area contributed by atoms with Gasteiger partial charge >= 0.3 is 0 Å². The second kappa shape index (κ2) is 6.27. The van der Waals surface area contributed by atoms with E-state index in [1.54, 1.807) is 6.07 Å². The van der Waals surface area contributed by atoms with E-state index in [-0.39, 0.29) is 5.91 Å². The number of benzene rings is 1. The van der Waals surface area contributed by atoms with Gasteiger partial charge in [-0.2, -0.15) is 16.9 Å². The average molecular weight is 380 g/mol. The fraction of sp³-hybridized carbons (Fsp3) is 0.350. The molecule has 1 aliphatic heterocycles. The molecule has 138 valence electrons. The molecule has 1 N–H and O–H groups in total. The molecule has 1 fully saturated rings. The van der Waals surface area contributed by atoms with Gasteiger partial charge in [0.2, 0.25) is 0 Å². The molecule has 5 rings (SSSR count). The summed E-state index contributed by atoms with van der Waals surface area (Å²) in [7, 11) is 0. The Hall–Kier alpha value is -2.54. The third kappa shape index (κ3) is 2.96. The fourth-order valence-electron chi connectivity index (χ4n) is 3.49. The van der Waals surface area contributed by atoms with Crippen molar-refractivity contribution in [1.82, 2.24) is 14.9 Å². The Labute approximate surface area is 161 Å². The summed E-state index contributed by atoms with van der Waals surface area (Å²) in [6.45, 7) is 4.14. The van der Waals surface area contributed by atoms with E-state index in [2.05, 4.69) is 42.5 Å². The largest absolute Gasteiger partial charge is 0.360 e. The predicted molar refractivity (Wildman–Crippen MR) is 104 cm³/mol. The molecule has 0 unspecified atom stereocenters. The Morgan fingerprint density at radius 3 is 2.89 bits per heavy atom. The van der Waals surface area contributed by atoms with Crippen LogP contribution in [0.1, 0.15) is 57.4 Å². The maximum absolute atomic E-state index is 12.8. The summed E-state index contributed by atoms with van der Waals surface area (Å²) < 4.78 is 7.19. The summed E-state index contributed by atoms with van der Waals surface area (Å²) in [6.07, 6.45) is 2.22. The number of aryl methyl sites for hydroxylation is 2. The molecule has 0 atom stereocenters. The Balaban J connectivity index is 1.51. The Bertz CT molecular complexity index is 1050. The summed E-state index contributed by atoms with van der Waals surface area (Å²) in [6, 6.07) is 8.01. The van der Waals surface area contributed by atoms with Crippen LogP contribution in [0.25, 0.3) is 5.69 Å². The predicted octanol–water partition coefficient (Wildman–Crippen LogP) is 4.35. The van der Waals surface area contributed by atoms with Gasteiger partial charge in [-0.15, -0.1) is 0 Å². The molecule has 1 saturated carbocycles. The summed E-state index contributed by atoms with van der Waals surface area (Å²) in [5.74, 6) is 3.44. The van der Waals surface area contributed by atoms with Crippen LogP contribution in [0.3, 0.4) is 0 Å². The topological polar surface area (TPSA) is 73.0 Å². The molecule has 1 amide bonds. The third-order valence-electron chi connectivity index (χ3n) is 5.11. The maximum Gasteiger partial charge on any atom is 0.279 e. The lowest BCUT2D eigenvalue weighted by Gasteiger charge is -2.13. The standard InChI is InChI=1S/C20H20N4O2S/c1-11-3-6-17(12(2)7-11)24-19(14-9-27-10-16(14)22-24)21-20(25)15-8-18(26-23-15)13-4-5-13/h3,6-8,13H,4-5,9-10H2,1-2H3,(H,21,25). The van der Waals surface area contributed by atoms with Crippen LogP contribution in [-0.4, -0.2) is 20.8 Å². The van der Waals surface area contributed by atoms with E-state index in [1.807, 2.05) is 16.4 Å². The van der Waals surface area contributed by atoms with Crippen molar-refractivity contribution in [3.05, 3.63) is 58.1 Å². The van der Waals surface area contributed by atoms with Gasteiger partial charge in [-0.3, -0.25) is 4.79 Å². The third-order valence-corrected chi connectivity index (χ3v) is 6.08. The number of amides is 1. The summed E-state index contributed by atoms with van der Waals surface area (Å²) in [4.78, 5) is 12.8. The number of nitrogens with one attached hydrogen (secondary N) is 1. The molecule has 0 saturated heterocycles. The van der Waals surface area contributed by atoms with Gasteiger partial charge in [0.05, 0.1) is 11.4 Å². The summed E-state index contributed by atoms with van der Waals surface area (Å²) >= 11 is 1.81. The van der Waals surface area contributed by atoms with Gasteiger partial charge in [0, 0.05) is 29.1 Å². The zero-order valence-electron chi connectivity index (χ0n) is 15.3. The summed E-state index contributed by atoms with van der Waals surface area (Å²) in [5, 5.41) is 11.8. The van der Waals surface area contributed by atoms with Gasteiger partial charge < -0.3 is 9.84 Å². The lowest BCUT2D eigenvalue weighted by Crippen LogP contribution is -2.17. The molecule has 27 heavy (non-hydrogen) atoms. The average Bonchev–Trinajstić information content (AvgIpc) is 3.05. The zero-order valence-corrected chi connectivity index (χ0v) is 16.1. The molecule has 3 heterocycles. The van der Waals surface area contributed by atoms with E-state index in [0.717, 1.165) is 58.4 Å². The Kier molecular flexibility index (Phi) is 3.86. The highest BCUT2D eigenvalue weighted by Crippen LogP contribution is 2.40. The number of rotatable bonds is 4. The van der Waals surface area contributed by atoms with Crippen LogP contribution < -0.4 is 5.32 Å². The number of fused-ring (bicyclic) bond motifs is 1. The van der Waals surface area contributed by atoms with Gasteiger partial charge in [-0.1, -0.05) is 22.9 Å². The highest BCUT2D eigenvalue weighted by Gasteiger charge is 2.30. The van der Waals surface area contributed by atoms with Crippen LogP contribution in [0.5, 0.6) is 0 Å². The molecule has 2 aliphatic rings. The van der Waals surface area contributed by atoms with Crippen LogP contribution in [0, 0.1) is 13.8 Å². The molecule has 3 aromatic rings. The molecule has 1 aromatic carbocycles. The van der Waals surface area contributed by atoms with E-state index in [4.69, 9.17) is 9.62 Å². The monoisotopic (exact) mass is 380 g/mol. The molecular formula is C20H20N4O2S. The fourth-order valence-corrected chi connectivity index (χ4v) is 4.52. The quantitative estimate of drug-likeness (QED) is 0.728. The Morgan fingerprint density at radius 2 is 2.11 bits per heavy atom. The lowest BCUT2D eigenvalue weighted by molar-refractivity contribution is 0.101.